The molecule has 0 aliphatic rings. The molecule has 0 aromatic heterocycles. The van der Waals surface area contributed by atoms with Gasteiger partial charge in [-0.1, -0.05) is 0 Å². The summed E-state index contributed by atoms with van der Waals surface area (Å²) in [6, 6.07) is 0. The SMILES string of the molecule is C=O.C=O.C=O.C=O.C=O.[Mo]. The van der Waals surface area contributed by atoms with Gasteiger partial charge in [0.05, 0.1) is 0 Å². The van der Waals surface area contributed by atoms with Gasteiger partial charge in [0, 0.05) is 21.1 Å². The Bertz CT molecular complexity index is 26.4. The van der Waals surface area contributed by atoms with Gasteiger partial charge in [0.1, 0.15) is 33.9 Å². The first-order valence-corrected chi connectivity index (χ1v) is 1.44. The summed E-state index contributed by atoms with van der Waals surface area (Å²) in [5, 5.41) is 0. The Kier molecular flexibility index (Phi) is 2890. The van der Waals surface area contributed by atoms with E-state index in [4.69, 9.17) is 24.0 Å². The molecule has 0 aliphatic carbocycles. The van der Waals surface area contributed by atoms with Crippen LogP contribution in [0.2, 0.25) is 0 Å². The van der Waals surface area contributed by atoms with Crippen LogP contribution in [0.3, 0.4) is 0 Å². The summed E-state index contributed by atoms with van der Waals surface area (Å²) < 4.78 is 0. The van der Waals surface area contributed by atoms with Crippen molar-refractivity contribution in [3.8, 4) is 0 Å². The smallest absolute Gasteiger partial charge is 0.106 e. The Morgan fingerprint density at radius 2 is 0.364 bits per heavy atom. The second-order valence-electron chi connectivity index (χ2n) is 0. The fourth-order valence-electron chi connectivity index (χ4n) is 0. The van der Waals surface area contributed by atoms with Crippen molar-refractivity contribution in [2.45, 2.75) is 0 Å². The zero-order chi connectivity index (χ0) is 10.0. The topological polar surface area (TPSA) is 85.3 Å². The summed E-state index contributed by atoms with van der Waals surface area (Å²) in [5.74, 6) is 0. The van der Waals surface area contributed by atoms with Crippen LogP contribution in [0, 0.1) is 0 Å². The van der Waals surface area contributed by atoms with Gasteiger partial charge in [-0.25, -0.2) is 0 Å². The van der Waals surface area contributed by atoms with Gasteiger partial charge >= 0.3 is 0 Å². The van der Waals surface area contributed by atoms with Crippen LogP contribution in [0.4, 0.5) is 0 Å². The molecule has 0 aromatic rings. The molecule has 66 valence electrons. The Balaban J connectivity index is -0.00000000694. The van der Waals surface area contributed by atoms with Crippen LogP contribution in [0.25, 0.3) is 0 Å². The molecule has 0 atom stereocenters. The Morgan fingerprint density at radius 3 is 0.364 bits per heavy atom. The van der Waals surface area contributed by atoms with Gasteiger partial charge in [-0.15, -0.1) is 0 Å². The van der Waals surface area contributed by atoms with E-state index in [1.165, 1.54) is 0 Å². The second kappa shape index (κ2) is 631. The third kappa shape index (κ3) is 484. The van der Waals surface area contributed by atoms with Crippen LogP contribution in [-0.4, -0.2) is 33.9 Å². The molecule has 6 heteroatoms. The van der Waals surface area contributed by atoms with E-state index in [0.29, 0.717) is 0 Å². The molecule has 0 radical (unpaired) electrons. The Hall–Kier alpha value is -0.962. The van der Waals surface area contributed by atoms with E-state index in [-0.39, 0.29) is 21.1 Å². The molecular formula is C5H10MoO5. The average Bonchev–Trinajstić information content (AvgIpc) is 2.20. The predicted molar refractivity (Wildman–Crippen MR) is 35.6 cm³/mol. The van der Waals surface area contributed by atoms with E-state index in [1.54, 1.807) is 0 Å². The van der Waals surface area contributed by atoms with Crippen LogP contribution in [-0.2, 0) is 45.0 Å². The van der Waals surface area contributed by atoms with Gasteiger partial charge in [0.2, 0.25) is 0 Å². The van der Waals surface area contributed by atoms with Gasteiger partial charge in [0.15, 0.2) is 0 Å². The van der Waals surface area contributed by atoms with Gasteiger partial charge in [-0.2, -0.15) is 0 Å². The average molecular weight is 246 g/mol. The van der Waals surface area contributed by atoms with Crippen molar-refractivity contribution >= 4 is 33.9 Å². The summed E-state index contributed by atoms with van der Waals surface area (Å²) in [4.78, 5) is 40.0. The van der Waals surface area contributed by atoms with Crippen molar-refractivity contribution < 1.29 is 45.0 Å². The molecule has 0 unspecified atom stereocenters. The van der Waals surface area contributed by atoms with Crippen LogP contribution in [0.5, 0.6) is 0 Å². The summed E-state index contributed by atoms with van der Waals surface area (Å²) in [6.45, 7) is 10.0. The molecule has 0 aliphatic heterocycles. The number of carbonyl (C=O) groups excluding carboxylic acids is 5. The fraction of sp³-hybridized carbons (Fsp3) is 0. The standard InChI is InChI=1S/5CH2O.Mo/c5*1-2;/h5*1H2;. The van der Waals surface area contributed by atoms with Crippen molar-refractivity contribution in [1.29, 1.82) is 0 Å². The number of hydrogen-bond donors (Lipinski definition) is 0. The maximum Gasteiger partial charge on any atom is 0.106 e. The van der Waals surface area contributed by atoms with Gasteiger partial charge in [0.25, 0.3) is 0 Å². The van der Waals surface area contributed by atoms with E-state index in [9.17, 15) is 0 Å². The summed E-state index contributed by atoms with van der Waals surface area (Å²) in [6.07, 6.45) is 0. The summed E-state index contributed by atoms with van der Waals surface area (Å²) in [7, 11) is 0. The molecule has 0 saturated heterocycles. The van der Waals surface area contributed by atoms with Gasteiger partial charge in [-0.05, 0) is 0 Å². The van der Waals surface area contributed by atoms with Crippen molar-refractivity contribution in [1.82, 2.24) is 0 Å². The van der Waals surface area contributed by atoms with E-state index >= 15 is 0 Å². The molecule has 0 saturated carbocycles. The maximum absolute atomic E-state index is 8.00. The molecule has 0 spiro atoms. The molecule has 0 aromatic carbocycles. The predicted octanol–water partition coefficient (Wildman–Crippen LogP) is -0.927. The Labute approximate surface area is 79.4 Å². The third-order valence-corrected chi connectivity index (χ3v) is 0. The second-order valence-corrected chi connectivity index (χ2v) is 0. The van der Waals surface area contributed by atoms with E-state index in [1.807, 2.05) is 33.9 Å². The quantitative estimate of drug-likeness (QED) is 0.515. The number of rotatable bonds is 0. The Morgan fingerprint density at radius 1 is 0.364 bits per heavy atom. The minimum Gasteiger partial charge on any atom is -0.307 e. The zero-order valence-electron chi connectivity index (χ0n) is 5.99. The molecule has 11 heavy (non-hydrogen) atoms. The molecule has 0 heterocycles. The summed E-state index contributed by atoms with van der Waals surface area (Å²) >= 11 is 0. The van der Waals surface area contributed by atoms with Gasteiger partial charge < -0.3 is 24.0 Å². The van der Waals surface area contributed by atoms with Crippen molar-refractivity contribution in [2.75, 3.05) is 0 Å². The normalized spacial score (nSPS) is 1.82. The molecule has 0 rings (SSSR count). The first-order chi connectivity index (χ1) is 5.00. The number of carbonyl (C=O) groups is 5. The minimum absolute atomic E-state index is 0. The molecule has 5 nitrogen and oxygen atoms in total. The maximum atomic E-state index is 8.00. The first kappa shape index (κ1) is 50.3. The van der Waals surface area contributed by atoms with Crippen LogP contribution < -0.4 is 0 Å². The van der Waals surface area contributed by atoms with Crippen LogP contribution in [0.15, 0.2) is 0 Å². The molecule has 0 N–H and O–H groups in total. The van der Waals surface area contributed by atoms with Gasteiger partial charge in [-0.3, -0.25) is 0 Å². The van der Waals surface area contributed by atoms with Crippen molar-refractivity contribution in [3.05, 3.63) is 0 Å². The molecule has 0 bridgehead atoms. The van der Waals surface area contributed by atoms with Crippen molar-refractivity contribution in [2.24, 2.45) is 0 Å². The van der Waals surface area contributed by atoms with E-state index < -0.39 is 0 Å². The molecular weight excluding hydrogens is 236 g/mol. The largest absolute Gasteiger partial charge is 0.307 e. The van der Waals surface area contributed by atoms with Crippen LogP contribution >= 0.6 is 0 Å². The minimum atomic E-state index is 0. The number of hydrogen-bond acceptors (Lipinski definition) is 5. The monoisotopic (exact) mass is 248 g/mol. The summed E-state index contributed by atoms with van der Waals surface area (Å²) in [5.41, 5.74) is 0. The van der Waals surface area contributed by atoms with Crippen LogP contribution in [0.1, 0.15) is 0 Å². The van der Waals surface area contributed by atoms with E-state index in [0.717, 1.165) is 0 Å². The fourth-order valence-corrected chi connectivity index (χ4v) is 0. The zero-order valence-corrected chi connectivity index (χ0v) is 7.99. The molecule has 0 fully saturated rings. The first-order valence-electron chi connectivity index (χ1n) is 1.44. The molecule has 0 amide bonds. The third-order valence-electron chi connectivity index (χ3n) is 0. The van der Waals surface area contributed by atoms with E-state index in [2.05, 4.69) is 0 Å². The van der Waals surface area contributed by atoms with Crippen molar-refractivity contribution in [3.63, 3.8) is 0 Å².